The highest BCUT2D eigenvalue weighted by Gasteiger charge is 2.40. The lowest BCUT2D eigenvalue weighted by Gasteiger charge is -2.35. The first kappa shape index (κ1) is 19.9. The molecule has 4 rings (SSSR count). The number of benzene rings is 2. The first-order chi connectivity index (χ1) is 14.5. The highest BCUT2D eigenvalue weighted by atomic mass is 16.5. The molecule has 30 heavy (non-hydrogen) atoms. The molecule has 0 radical (unpaired) electrons. The summed E-state index contributed by atoms with van der Waals surface area (Å²) in [6.45, 7) is 0. The third-order valence-corrected chi connectivity index (χ3v) is 5.81. The number of ether oxygens (including phenoxy) is 2. The van der Waals surface area contributed by atoms with E-state index >= 15 is 0 Å². The van der Waals surface area contributed by atoms with Crippen molar-refractivity contribution in [3.05, 3.63) is 41.5 Å². The van der Waals surface area contributed by atoms with Crippen LogP contribution in [0.25, 0.3) is 16.8 Å². The number of fused-ring (bicyclic) bond motifs is 1. The number of carbonyl (C=O) groups excluding carboxylic acids is 3. The minimum absolute atomic E-state index is 0.0752. The van der Waals surface area contributed by atoms with Crippen LogP contribution >= 0.6 is 0 Å². The highest BCUT2D eigenvalue weighted by molar-refractivity contribution is 6.31. The van der Waals surface area contributed by atoms with Crippen molar-refractivity contribution in [1.82, 2.24) is 10.2 Å². The zero-order valence-corrected chi connectivity index (χ0v) is 17.1. The van der Waals surface area contributed by atoms with Gasteiger partial charge in [0, 0.05) is 11.6 Å². The standard InChI is InChI=1S/C23H24N2O5/c1-29-16-10-8-14-9-11-20(30-2)18(17(14)12-16)13-19-21(26)24-23(28)25(22(19)27)15-6-4-3-5-7-15/h8-13,15H,3-7H2,1-2H3,(H,24,26,28)/b19-13+. The molecule has 1 saturated heterocycles. The molecule has 0 unspecified atom stereocenters. The number of imide groups is 2. The maximum Gasteiger partial charge on any atom is 0.331 e. The van der Waals surface area contributed by atoms with Gasteiger partial charge in [-0.3, -0.25) is 19.8 Å². The van der Waals surface area contributed by atoms with Gasteiger partial charge in [0.2, 0.25) is 0 Å². The average molecular weight is 408 g/mol. The van der Waals surface area contributed by atoms with E-state index in [-0.39, 0.29) is 11.6 Å². The van der Waals surface area contributed by atoms with Gasteiger partial charge in [-0.15, -0.1) is 0 Å². The molecule has 1 aliphatic heterocycles. The van der Waals surface area contributed by atoms with Crippen LogP contribution in [0.1, 0.15) is 37.7 Å². The van der Waals surface area contributed by atoms with Crippen molar-refractivity contribution in [3.63, 3.8) is 0 Å². The molecule has 0 spiro atoms. The van der Waals surface area contributed by atoms with E-state index in [0.717, 1.165) is 42.9 Å². The van der Waals surface area contributed by atoms with Crippen LogP contribution in [0.3, 0.4) is 0 Å². The second kappa shape index (κ2) is 8.18. The second-order valence-electron chi connectivity index (χ2n) is 7.55. The van der Waals surface area contributed by atoms with E-state index in [1.54, 1.807) is 13.2 Å². The number of nitrogens with one attached hydrogen (secondary N) is 1. The van der Waals surface area contributed by atoms with Gasteiger partial charge in [0.25, 0.3) is 11.8 Å². The van der Waals surface area contributed by atoms with Crippen molar-refractivity contribution in [1.29, 1.82) is 0 Å². The fourth-order valence-corrected chi connectivity index (χ4v) is 4.24. The van der Waals surface area contributed by atoms with E-state index in [0.29, 0.717) is 17.1 Å². The number of amides is 4. The minimum atomic E-state index is -0.695. The van der Waals surface area contributed by atoms with E-state index in [4.69, 9.17) is 9.47 Å². The Morgan fingerprint density at radius 2 is 1.73 bits per heavy atom. The molecular formula is C23H24N2O5. The molecule has 1 N–H and O–H groups in total. The summed E-state index contributed by atoms with van der Waals surface area (Å²) in [5, 5.41) is 4.02. The van der Waals surface area contributed by atoms with Crippen molar-refractivity contribution >= 4 is 34.7 Å². The minimum Gasteiger partial charge on any atom is -0.497 e. The summed E-state index contributed by atoms with van der Waals surface area (Å²) in [7, 11) is 3.11. The number of hydrogen-bond acceptors (Lipinski definition) is 5. The molecule has 2 aromatic carbocycles. The Hall–Kier alpha value is -3.35. The van der Waals surface area contributed by atoms with Crippen molar-refractivity contribution in [2.24, 2.45) is 0 Å². The lowest BCUT2D eigenvalue weighted by atomic mass is 9.93. The van der Waals surface area contributed by atoms with Gasteiger partial charge in [-0.25, -0.2) is 4.79 Å². The third-order valence-electron chi connectivity index (χ3n) is 5.81. The summed E-state index contributed by atoms with van der Waals surface area (Å²) in [5.74, 6) is -0.0876. The van der Waals surface area contributed by atoms with Gasteiger partial charge in [0.15, 0.2) is 0 Å². The molecule has 1 aliphatic carbocycles. The average Bonchev–Trinajstić information content (AvgIpc) is 2.76. The Bertz CT molecular complexity index is 1050. The summed E-state index contributed by atoms with van der Waals surface area (Å²) in [6.07, 6.45) is 6.06. The lowest BCUT2D eigenvalue weighted by molar-refractivity contribution is -0.132. The van der Waals surface area contributed by atoms with Crippen LogP contribution in [0, 0.1) is 0 Å². The number of methoxy groups -OCH3 is 2. The number of hydrogen-bond donors (Lipinski definition) is 1. The van der Waals surface area contributed by atoms with Crippen LogP contribution in [0.15, 0.2) is 35.9 Å². The van der Waals surface area contributed by atoms with Gasteiger partial charge in [0.1, 0.15) is 17.1 Å². The Kier molecular flexibility index (Phi) is 5.44. The summed E-state index contributed by atoms with van der Waals surface area (Å²) in [6, 6.07) is 8.44. The van der Waals surface area contributed by atoms with Gasteiger partial charge in [-0.05, 0) is 47.9 Å². The predicted octanol–water partition coefficient (Wildman–Crippen LogP) is 3.65. The summed E-state index contributed by atoms with van der Waals surface area (Å²) >= 11 is 0. The Labute approximate surface area is 174 Å². The van der Waals surface area contributed by atoms with Gasteiger partial charge >= 0.3 is 6.03 Å². The van der Waals surface area contributed by atoms with Crippen molar-refractivity contribution < 1.29 is 23.9 Å². The fourth-order valence-electron chi connectivity index (χ4n) is 4.24. The zero-order chi connectivity index (χ0) is 21.3. The van der Waals surface area contributed by atoms with Crippen molar-refractivity contribution in [2.45, 2.75) is 38.1 Å². The lowest BCUT2D eigenvalue weighted by Crippen LogP contribution is -2.58. The maximum atomic E-state index is 13.2. The second-order valence-corrected chi connectivity index (χ2v) is 7.55. The van der Waals surface area contributed by atoms with Crippen LogP contribution in [0.4, 0.5) is 4.79 Å². The third kappa shape index (κ3) is 3.51. The molecule has 1 heterocycles. The Morgan fingerprint density at radius 3 is 2.43 bits per heavy atom. The predicted molar refractivity (Wildman–Crippen MR) is 112 cm³/mol. The molecule has 1 saturated carbocycles. The van der Waals surface area contributed by atoms with Crippen molar-refractivity contribution in [2.75, 3.05) is 14.2 Å². The number of carbonyl (C=O) groups is 3. The van der Waals surface area contributed by atoms with Crippen LogP contribution in [0.5, 0.6) is 11.5 Å². The van der Waals surface area contributed by atoms with E-state index in [1.165, 1.54) is 18.1 Å². The van der Waals surface area contributed by atoms with Crippen LogP contribution in [0.2, 0.25) is 0 Å². The maximum absolute atomic E-state index is 13.2. The molecule has 0 atom stereocenters. The van der Waals surface area contributed by atoms with Gasteiger partial charge in [0.05, 0.1) is 14.2 Å². The molecule has 156 valence electrons. The molecule has 2 aromatic rings. The van der Waals surface area contributed by atoms with E-state index < -0.39 is 17.8 Å². The largest absolute Gasteiger partial charge is 0.497 e. The van der Waals surface area contributed by atoms with Gasteiger partial charge in [-0.2, -0.15) is 0 Å². The molecule has 4 amide bonds. The van der Waals surface area contributed by atoms with E-state index in [1.807, 2.05) is 24.3 Å². The summed E-state index contributed by atoms with van der Waals surface area (Å²) in [4.78, 5) is 39.5. The van der Waals surface area contributed by atoms with Gasteiger partial charge in [-0.1, -0.05) is 31.4 Å². The number of barbiturate groups is 1. The van der Waals surface area contributed by atoms with E-state index in [9.17, 15) is 14.4 Å². The molecule has 0 bridgehead atoms. The molecule has 2 aliphatic rings. The number of urea groups is 1. The zero-order valence-electron chi connectivity index (χ0n) is 17.1. The number of nitrogens with zero attached hydrogens (tertiary/aromatic N) is 1. The quantitative estimate of drug-likeness (QED) is 0.617. The highest BCUT2D eigenvalue weighted by Crippen LogP contribution is 2.34. The first-order valence-electron chi connectivity index (χ1n) is 10.1. The summed E-state index contributed by atoms with van der Waals surface area (Å²) in [5.41, 5.74) is 0.513. The fraction of sp³-hybridized carbons (Fsp3) is 0.348. The monoisotopic (exact) mass is 408 g/mol. The SMILES string of the molecule is COc1ccc2ccc(OC)c(/C=C3\C(=O)NC(=O)N(C4CCCCC4)C3=O)c2c1. The van der Waals surface area contributed by atoms with Crippen LogP contribution in [-0.4, -0.2) is 43.0 Å². The molecule has 7 heteroatoms. The summed E-state index contributed by atoms with van der Waals surface area (Å²) < 4.78 is 10.8. The van der Waals surface area contributed by atoms with Crippen LogP contribution < -0.4 is 14.8 Å². The Balaban J connectivity index is 1.82. The molecule has 2 fully saturated rings. The normalized spacial score (nSPS) is 19.3. The Morgan fingerprint density at radius 1 is 1.00 bits per heavy atom. The van der Waals surface area contributed by atoms with Gasteiger partial charge < -0.3 is 9.47 Å². The molecule has 7 nitrogen and oxygen atoms in total. The molecule has 0 aromatic heterocycles. The van der Waals surface area contributed by atoms with Crippen molar-refractivity contribution in [3.8, 4) is 11.5 Å². The van der Waals surface area contributed by atoms with E-state index in [2.05, 4.69) is 5.32 Å². The van der Waals surface area contributed by atoms with Crippen LogP contribution in [-0.2, 0) is 9.59 Å². The topological polar surface area (TPSA) is 84.9 Å². The number of rotatable bonds is 4. The first-order valence-corrected chi connectivity index (χ1v) is 10.1. The molecular weight excluding hydrogens is 384 g/mol. The smallest absolute Gasteiger partial charge is 0.331 e.